The summed E-state index contributed by atoms with van der Waals surface area (Å²) >= 11 is 2.17. The van der Waals surface area contributed by atoms with Crippen LogP contribution in [0.2, 0.25) is 0 Å². The topological polar surface area (TPSA) is 237 Å². The SMILES string of the molecule is COc1ccc(C(=O)c2sc(Nc3ccc(OCCCN)cc3)nc2N)cc1F.COc1ccc(C(=O)c2sc(Nc3ccc(OCCCNC(=O)OC(C)(C)C)cc3)nc2N)cc1F. The minimum atomic E-state index is -0.633. The highest BCUT2D eigenvalue weighted by Crippen LogP contribution is 2.33. The molecular formula is C45H50F2N8O8S2. The lowest BCUT2D eigenvalue weighted by atomic mass is 10.1. The largest absolute Gasteiger partial charge is 0.494 e. The number of hydrogen-bond acceptors (Lipinski definition) is 17. The summed E-state index contributed by atoms with van der Waals surface area (Å²) in [7, 11) is 2.71. The van der Waals surface area contributed by atoms with Gasteiger partial charge in [-0.2, -0.15) is 0 Å². The lowest BCUT2D eigenvalue weighted by molar-refractivity contribution is 0.0525. The number of thiazole rings is 2. The van der Waals surface area contributed by atoms with Gasteiger partial charge >= 0.3 is 6.09 Å². The zero-order chi connectivity index (χ0) is 47.1. The van der Waals surface area contributed by atoms with Crippen LogP contribution in [0.5, 0.6) is 23.0 Å². The molecule has 0 saturated carbocycles. The first-order chi connectivity index (χ1) is 31.1. The number of alkyl carbamates (subject to hydrolysis) is 1. The van der Waals surface area contributed by atoms with Crippen LogP contribution >= 0.6 is 22.7 Å². The van der Waals surface area contributed by atoms with Gasteiger partial charge in [-0.25, -0.2) is 23.5 Å². The first-order valence-electron chi connectivity index (χ1n) is 20.0. The Morgan fingerprint density at radius 1 is 0.662 bits per heavy atom. The normalized spacial score (nSPS) is 10.8. The Labute approximate surface area is 382 Å². The highest BCUT2D eigenvalue weighted by atomic mass is 32.1. The second-order valence-electron chi connectivity index (χ2n) is 14.7. The highest BCUT2D eigenvalue weighted by molar-refractivity contribution is 7.18. The van der Waals surface area contributed by atoms with Gasteiger partial charge in [0.2, 0.25) is 11.6 Å². The minimum absolute atomic E-state index is 0.0519. The van der Waals surface area contributed by atoms with Crippen molar-refractivity contribution in [2.75, 3.05) is 62.6 Å². The minimum Gasteiger partial charge on any atom is -0.494 e. The third-order valence-corrected chi connectivity index (χ3v) is 10.6. The smallest absolute Gasteiger partial charge is 0.407 e. The van der Waals surface area contributed by atoms with E-state index in [-0.39, 0.29) is 44.0 Å². The fourth-order valence-corrected chi connectivity index (χ4v) is 7.26. The number of benzene rings is 4. The lowest BCUT2D eigenvalue weighted by Gasteiger charge is -2.19. The number of halogens is 2. The van der Waals surface area contributed by atoms with Crippen molar-refractivity contribution >= 4 is 73.6 Å². The molecule has 0 aliphatic heterocycles. The number of ketones is 2. The summed E-state index contributed by atoms with van der Waals surface area (Å²) in [6.07, 6.45) is 0.946. The molecule has 16 nitrogen and oxygen atoms in total. The van der Waals surface area contributed by atoms with Crippen LogP contribution in [0.4, 0.5) is 46.8 Å². The maximum atomic E-state index is 14.0. The van der Waals surface area contributed by atoms with E-state index in [1.165, 1.54) is 38.5 Å². The van der Waals surface area contributed by atoms with Gasteiger partial charge in [0, 0.05) is 29.0 Å². The van der Waals surface area contributed by atoms with Crippen molar-refractivity contribution in [3.63, 3.8) is 0 Å². The van der Waals surface area contributed by atoms with Crippen LogP contribution in [0.25, 0.3) is 0 Å². The summed E-state index contributed by atoms with van der Waals surface area (Å²) in [5.41, 5.74) is 18.6. The molecule has 0 bridgehead atoms. The number of nitrogens with zero attached hydrogens (tertiary/aromatic N) is 2. The summed E-state index contributed by atoms with van der Waals surface area (Å²) in [6, 6.07) is 22.4. The molecule has 0 atom stereocenters. The van der Waals surface area contributed by atoms with Crippen LogP contribution in [0.3, 0.4) is 0 Å². The first-order valence-corrected chi connectivity index (χ1v) is 21.7. The molecular weight excluding hydrogens is 883 g/mol. The van der Waals surface area contributed by atoms with E-state index in [1.807, 2.05) is 24.3 Å². The number of anilines is 6. The molecule has 0 spiro atoms. The van der Waals surface area contributed by atoms with Gasteiger partial charge in [0.25, 0.3) is 0 Å². The number of hydrogen-bond donors (Lipinski definition) is 6. The second kappa shape index (κ2) is 23.1. The molecule has 6 aromatic rings. The van der Waals surface area contributed by atoms with Gasteiger partial charge in [-0.15, -0.1) is 0 Å². The summed E-state index contributed by atoms with van der Waals surface area (Å²) in [5, 5.41) is 9.76. The summed E-state index contributed by atoms with van der Waals surface area (Å²) in [4.78, 5) is 45.9. The van der Waals surface area contributed by atoms with E-state index in [9.17, 15) is 23.2 Å². The third kappa shape index (κ3) is 14.5. The molecule has 4 aromatic carbocycles. The van der Waals surface area contributed by atoms with Crippen molar-refractivity contribution in [2.24, 2.45) is 5.73 Å². The fraction of sp³-hybridized carbons (Fsp3) is 0.267. The molecule has 2 aromatic heterocycles. The van der Waals surface area contributed by atoms with Crippen molar-refractivity contribution in [3.05, 3.63) is 117 Å². The summed E-state index contributed by atoms with van der Waals surface area (Å²) in [6.45, 7) is 7.41. The maximum absolute atomic E-state index is 14.0. The van der Waals surface area contributed by atoms with Crippen LogP contribution in [0.15, 0.2) is 84.9 Å². The van der Waals surface area contributed by atoms with Gasteiger partial charge in [-0.3, -0.25) is 9.59 Å². The summed E-state index contributed by atoms with van der Waals surface area (Å²) < 4.78 is 54.1. The lowest BCUT2D eigenvalue weighted by Crippen LogP contribution is -2.33. The van der Waals surface area contributed by atoms with E-state index in [0.717, 1.165) is 58.4 Å². The van der Waals surface area contributed by atoms with E-state index < -0.39 is 34.9 Å². The number of nitrogens with two attached hydrogens (primary N) is 3. The van der Waals surface area contributed by atoms with E-state index in [4.69, 9.17) is 40.9 Å². The van der Waals surface area contributed by atoms with Crippen molar-refractivity contribution in [1.82, 2.24) is 15.3 Å². The zero-order valence-corrected chi connectivity index (χ0v) is 37.9. The number of methoxy groups -OCH3 is 2. The van der Waals surface area contributed by atoms with E-state index in [0.29, 0.717) is 48.7 Å². The van der Waals surface area contributed by atoms with E-state index >= 15 is 0 Å². The molecule has 0 radical (unpaired) electrons. The number of amides is 1. The average molecular weight is 933 g/mol. The quantitative estimate of drug-likeness (QED) is 0.0329. The molecule has 0 unspecified atom stereocenters. The molecule has 1 amide bonds. The highest BCUT2D eigenvalue weighted by Gasteiger charge is 2.22. The Balaban J connectivity index is 0.000000250. The third-order valence-electron chi connectivity index (χ3n) is 8.63. The molecule has 0 fully saturated rings. The number of ether oxygens (including phenoxy) is 5. The Kier molecular flexibility index (Phi) is 17.4. The molecule has 344 valence electrons. The average Bonchev–Trinajstić information content (AvgIpc) is 3.83. The number of rotatable bonds is 19. The first kappa shape index (κ1) is 49.0. The van der Waals surface area contributed by atoms with Crippen molar-refractivity contribution in [3.8, 4) is 23.0 Å². The standard InChI is InChI=1S/C25H29FN4O5S.C20H21FN4O3S/c1-25(2,3)35-24(32)28-12-5-13-34-17-9-7-16(8-10-17)29-23-30-22(27)21(36-23)20(31)15-6-11-19(33-4)18(26)14-15;1-27-16-8-3-12(11-15(16)21)17(26)18-19(23)25-20(29-18)24-13-4-6-14(7-5-13)28-10-2-9-22/h6-11,14H,5,12-13,27H2,1-4H3,(H,28,32)(H,29,30);3-8,11H,2,9-10,22-23H2,1H3,(H,24,25). The molecule has 9 N–H and O–H groups in total. The zero-order valence-electron chi connectivity index (χ0n) is 36.3. The monoisotopic (exact) mass is 932 g/mol. The van der Waals surface area contributed by atoms with Crippen LogP contribution < -0.4 is 52.1 Å². The second-order valence-corrected chi connectivity index (χ2v) is 16.7. The Bertz CT molecular complexity index is 2550. The van der Waals surface area contributed by atoms with Gasteiger partial charge in [-0.1, -0.05) is 22.7 Å². The Hall–Kier alpha value is -7.03. The number of carbonyl (C=O) groups is 3. The van der Waals surface area contributed by atoms with E-state index in [2.05, 4.69) is 25.9 Å². The van der Waals surface area contributed by atoms with Crippen LogP contribution in [0.1, 0.15) is 64.1 Å². The predicted octanol–water partition coefficient (Wildman–Crippen LogP) is 8.72. The van der Waals surface area contributed by atoms with Crippen LogP contribution in [-0.2, 0) is 4.74 Å². The van der Waals surface area contributed by atoms with Crippen molar-refractivity contribution in [2.45, 2.75) is 39.2 Å². The fourth-order valence-electron chi connectivity index (χ4n) is 5.53. The molecule has 0 aliphatic rings. The van der Waals surface area contributed by atoms with Crippen molar-refractivity contribution < 1.29 is 46.8 Å². The van der Waals surface area contributed by atoms with Gasteiger partial charge in [-0.05, 0) is 125 Å². The maximum Gasteiger partial charge on any atom is 0.407 e. The Morgan fingerprint density at radius 3 is 1.48 bits per heavy atom. The molecule has 6 rings (SSSR count). The van der Waals surface area contributed by atoms with Gasteiger partial charge in [0.15, 0.2) is 33.4 Å². The molecule has 0 aliphatic carbocycles. The Morgan fingerprint density at radius 2 is 1.09 bits per heavy atom. The molecule has 20 heteroatoms. The number of nitrogen functional groups attached to an aromatic ring is 2. The number of carbonyl (C=O) groups excluding carboxylic acids is 3. The molecule has 0 saturated heterocycles. The molecule has 65 heavy (non-hydrogen) atoms. The van der Waals surface area contributed by atoms with Crippen molar-refractivity contribution in [1.29, 1.82) is 0 Å². The summed E-state index contributed by atoms with van der Waals surface area (Å²) in [5.74, 6) is -0.423. The predicted molar refractivity (Wildman–Crippen MR) is 249 cm³/mol. The number of aromatic nitrogens is 2. The van der Waals surface area contributed by atoms with Gasteiger partial charge < -0.3 is 56.8 Å². The molecule has 2 heterocycles. The van der Waals surface area contributed by atoms with Crippen LogP contribution in [0, 0.1) is 11.6 Å². The van der Waals surface area contributed by atoms with Crippen LogP contribution in [-0.4, -0.2) is 73.8 Å². The number of nitrogens with one attached hydrogen (secondary N) is 3. The van der Waals surface area contributed by atoms with Gasteiger partial charge in [0.05, 0.1) is 27.4 Å². The van der Waals surface area contributed by atoms with Gasteiger partial charge in [0.1, 0.15) is 38.5 Å². The van der Waals surface area contributed by atoms with E-state index in [1.54, 1.807) is 45.0 Å².